The molecule has 0 aromatic carbocycles. The van der Waals surface area contributed by atoms with Crippen molar-refractivity contribution in [2.24, 2.45) is 0 Å². The Labute approximate surface area is 81.6 Å². The van der Waals surface area contributed by atoms with Crippen LogP contribution in [0.3, 0.4) is 0 Å². The smallest absolute Gasteiger partial charge is 0.246 e. The molecule has 14 heavy (non-hydrogen) atoms. The maximum Gasteiger partial charge on any atom is 0.246 e. The second kappa shape index (κ2) is 3.14. The number of hydrogen-bond donors (Lipinski definition) is 1. The molecule has 1 N–H and O–H groups in total. The van der Waals surface area contributed by atoms with Crippen molar-refractivity contribution >= 4 is 11.7 Å². The van der Waals surface area contributed by atoms with Crippen molar-refractivity contribution in [3.63, 3.8) is 0 Å². The second-order valence-electron chi connectivity index (χ2n) is 3.20. The van der Waals surface area contributed by atoms with E-state index in [9.17, 15) is 9.59 Å². The number of hydrogen-bond acceptors (Lipinski definition) is 3. The molecule has 0 bridgehead atoms. The normalized spacial score (nSPS) is 20.8. The maximum absolute atomic E-state index is 11.4. The van der Waals surface area contributed by atoms with E-state index in [4.69, 9.17) is 0 Å². The van der Waals surface area contributed by atoms with Crippen LogP contribution in [0.25, 0.3) is 0 Å². The van der Waals surface area contributed by atoms with Gasteiger partial charge in [0.25, 0.3) is 0 Å². The van der Waals surface area contributed by atoms with E-state index >= 15 is 0 Å². The number of nitrogens with one attached hydrogen (secondary N) is 1. The van der Waals surface area contributed by atoms with E-state index in [0.717, 1.165) is 5.57 Å². The molecule has 1 aliphatic heterocycles. The highest BCUT2D eigenvalue weighted by molar-refractivity contribution is 6.03. The van der Waals surface area contributed by atoms with Gasteiger partial charge in [0.15, 0.2) is 5.78 Å². The summed E-state index contributed by atoms with van der Waals surface area (Å²) in [6.45, 7) is 0.263. The van der Waals surface area contributed by atoms with Crippen molar-refractivity contribution in [1.82, 2.24) is 10.2 Å². The highest BCUT2D eigenvalue weighted by Gasteiger charge is 2.21. The Morgan fingerprint density at radius 3 is 2.93 bits per heavy atom. The maximum atomic E-state index is 11.4. The first-order valence-electron chi connectivity index (χ1n) is 4.33. The predicted molar refractivity (Wildman–Crippen MR) is 51.1 cm³/mol. The van der Waals surface area contributed by atoms with E-state index in [2.05, 4.69) is 5.32 Å². The number of ketones is 1. The Hall–Kier alpha value is -1.84. The number of fused-ring (bicyclic) bond motifs is 1. The molecule has 0 atom stereocenters. The molecule has 0 fully saturated rings. The fourth-order valence-electron chi connectivity index (χ4n) is 1.44. The summed E-state index contributed by atoms with van der Waals surface area (Å²) < 4.78 is 0. The Morgan fingerprint density at radius 2 is 2.14 bits per heavy atom. The van der Waals surface area contributed by atoms with Crippen LogP contribution in [0.1, 0.15) is 0 Å². The van der Waals surface area contributed by atoms with Crippen molar-refractivity contribution in [1.29, 1.82) is 0 Å². The van der Waals surface area contributed by atoms with Crippen LogP contribution in [0.15, 0.2) is 35.7 Å². The Bertz CT molecular complexity index is 391. The van der Waals surface area contributed by atoms with Gasteiger partial charge in [0.1, 0.15) is 0 Å². The molecule has 0 unspecified atom stereocenters. The number of carbonyl (C=O) groups excluding carboxylic acids is 2. The molecule has 4 heteroatoms. The van der Waals surface area contributed by atoms with E-state index in [1.807, 2.05) is 0 Å². The van der Waals surface area contributed by atoms with Gasteiger partial charge in [0.2, 0.25) is 5.91 Å². The zero-order chi connectivity index (χ0) is 10.1. The minimum Gasteiger partial charge on any atom is -0.382 e. The van der Waals surface area contributed by atoms with Crippen molar-refractivity contribution < 1.29 is 9.59 Å². The highest BCUT2D eigenvalue weighted by Crippen LogP contribution is 2.20. The van der Waals surface area contributed by atoms with Crippen LogP contribution in [0.5, 0.6) is 0 Å². The number of allylic oxidation sites excluding steroid dienone is 3. The van der Waals surface area contributed by atoms with Crippen LogP contribution < -0.4 is 5.32 Å². The molecule has 2 rings (SSSR count). The van der Waals surface area contributed by atoms with Gasteiger partial charge >= 0.3 is 0 Å². The van der Waals surface area contributed by atoms with E-state index in [1.54, 1.807) is 19.3 Å². The minimum atomic E-state index is -0.0845. The van der Waals surface area contributed by atoms with E-state index in [-0.39, 0.29) is 18.2 Å². The third kappa shape index (κ3) is 1.35. The summed E-state index contributed by atoms with van der Waals surface area (Å²) in [7, 11) is 1.67. The molecule has 1 aliphatic carbocycles. The fourth-order valence-corrected chi connectivity index (χ4v) is 1.44. The first kappa shape index (κ1) is 8.74. The molecule has 1 heterocycles. The van der Waals surface area contributed by atoms with Gasteiger partial charge in [-0.1, -0.05) is 0 Å². The van der Waals surface area contributed by atoms with Crippen LogP contribution in [-0.4, -0.2) is 30.2 Å². The second-order valence-corrected chi connectivity index (χ2v) is 3.20. The molecule has 72 valence electrons. The lowest BCUT2D eigenvalue weighted by Gasteiger charge is -2.19. The van der Waals surface area contributed by atoms with Crippen LogP contribution in [0.4, 0.5) is 0 Å². The molecule has 0 aromatic heterocycles. The summed E-state index contributed by atoms with van der Waals surface area (Å²) in [6, 6.07) is 0. The molecule has 0 saturated heterocycles. The van der Waals surface area contributed by atoms with Crippen molar-refractivity contribution in [3.05, 3.63) is 35.7 Å². The first-order chi connectivity index (χ1) is 6.68. The first-order valence-corrected chi connectivity index (χ1v) is 4.33. The van der Waals surface area contributed by atoms with Crippen LogP contribution in [0, 0.1) is 0 Å². The summed E-state index contributed by atoms with van der Waals surface area (Å²) in [5.74, 6) is -0.135. The monoisotopic (exact) mass is 190 g/mol. The quantitative estimate of drug-likeness (QED) is 0.583. The zero-order valence-corrected chi connectivity index (χ0v) is 7.78. The molecule has 0 aromatic rings. The van der Waals surface area contributed by atoms with Crippen molar-refractivity contribution in [2.45, 2.75) is 0 Å². The third-order valence-corrected chi connectivity index (χ3v) is 2.25. The van der Waals surface area contributed by atoms with Gasteiger partial charge in [-0.15, -0.1) is 0 Å². The topological polar surface area (TPSA) is 49.4 Å². The molecule has 0 spiro atoms. The van der Waals surface area contributed by atoms with Gasteiger partial charge in [-0.05, 0) is 12.2 Å². The average molecular weight is 190 g/mol. The lowest BCUT2D eigenvalue weighted by atomic mass is 10.1. The Morgan fingerprint density at radius 1 is 1.36 bits per heavy atom. The number of likely N-dealkylation sites (N-methyl/N-ethyl adjacent to an activating group) is 1. The lowest BCUT2D eigenvalue weighted by Crippen LogP contribution is -2.31. The summed E-state index contributed by atoms with van der Waals surface area (Å²) >= 11 is 0. The molecule has 0 radical (unpaired) electrons. The molecular weight excluding hydrogens is 180 g/mol. The van der Waals surface area contributed by atoms with Gasteiger partial charge in [0.05, 0.1) is 12.2 Å². The average Bonchev–Trinajstić information content (AvgIpc) is 2.30. The summed E-state index contributed by atoms with van der Waals surface area (Å²) in [5.41, 5.74) is 1.52. The van der Waals surface area contributed by atoms with Gasteiger partial charge in [-0.3, -0.25) is 9.59 Å². The van der Waals surface area contributed by atoms with Gasteiger partial charge < -0.3 is 10.2 Å². The number of carbonyl (C=O) groups is 2. The SMILES string of the molecule is CN1C(=O)CNC=C2C=CC(=O)C=C21. The van der Waals surface area contributed by atoms with Gasteiger partial charge in [0, 0.05) is 24.9 Å². The minimum absolute atomic E-state index is 0.0504. The molecule has 4 nitrogen and oxygen atoms in total. The largest absolute Gasteiger partial charge is 0.382 e. The summed E-state index contributed by atoms with van der Waals surface area (Å²) in [6.07, 6.45) is 6.41. The molecule has 2 aliphatic rings. The van der Waals surface area contributed by atoms with E-state index < -0.39 is 0 Å². The van der Waals surface area contributed by atoms with E-state index in [0.29, 0.717) is 5.70 Å². The number of amides is 1. The van der Waals surface area contributed by atoms with Crippen molar-refractivity contribution in [3.8, 4) is 0 Å². The van der Waals surface area contributed by atoms with E-state index in [1.165, 1.54) is 17.1 Å². The molecule has 0 saturated carbocycles. The Balaban J connectivity index is 2.44. The molecule has 1 amide bonds. The molecular formula is C10H10N2O2. The zero-order valence-electron chi connectivity index (χ0n) is 7.78. The number of rotatable bonds is 0. The summed E-state index contributed by atoms with van der Waals surface area (Å²) in [5, 5.41) is 2.88. The van der Waals surface area contributed by atoms with Gasteiger partial charge in [-0.2, -0.15) is 0 Å². The lowest BCUT2D eigenvalue weighted by molar-refractivity contribution is -0.126. The van der Waals surface area contributed by atoms with Crippen molar-refractivity contribution in [2.75, 3.05) is 13.6 Å². The standard InChI is InChI=1S/C10H10N2O2/c1-12-9-4-8(13)3-2-7(9)5-11-6-10(12)14/h2-5,11H,6H2,1H3. The predicted octanol–water partition coefficient (Wildman–Crippen LogP) is -0.0453. The third-order valence-electron chi connectivity index (χ3n) is 2.25. The van der Waals surface area contributed by atoms with Crippen LogP contribution in [-0.2, 0) is 9.59 Å². The fraction of sp³-hybridized carbons (Fsp3) is 0.200. The van der Waals surface area contributed by atoms with Crippen LogP contribution in [0.2, 0.25) is 0 Å². The Kier molecular flexibility index (Phi) is 1.96. The highest BCUT2D eigenvalue weighted by atomic mass is 16.2. The van der Waals surface area contributed by atoms with Crippen LogP contribution >= 0.6 is 0 Å². The summed E-state index contributed by atoms with van der Waals surface area (Å²) in [4.78, 5) is 24.1. The number of nitrogens with zero attached hydrogens (tertiary/aromatic N) is 1. The van der Waals surface area contributed by atoms with Gasteiger partial charge in [-0.25, -0.2) is 0 Å².